The Morgan fingerprint density at radius 1 is 1.05 bits per heavy atom. The van der Waals surface area contributed by atoms with E-state index in [1.165, 1.54) is 0 Å². The minimum atomic E-state index is -0.386. The van der Waals surface area contributed by atoms with Crippen LogP contribution in [0.3, 0.4) is 0 Å². The molecule has 0 aliphatic carbocycles. The first-order chi connectivity index (χ1) is 9.02. The summed E-state index contributed by atoms with van der Waals surface area (Å²) in [5.74, 6) is 0.696. The van der Waals surface area contributed by atoms with Gasteiger partial charge in [0.1, 0.15) is 5.75 Å². The maximum Gasteiger partial charge on any atom is 0.120 e. The van der Waals surface area contributed by atoms with Crippen LogP contribution in [0.1, 0.15) is 17.2 Å². The van der Waals surface area contributed by atoms with Crippen molar-refractivity contribution in [3.63, 3.8) is 0 Å². The molecule has 2 aromatic carbocycles. The summed E-state index contributed by atoms with van der Waals surface area (Å²) in [7, 11) is 1.59. The van der Waals surface area contributed by atoms with Crippen molar-refractivity contribution in [1.82, 2.24) is 0 Å². The highest BCUT2D eigenvalue weighted by molar-refractivity contribution is 9.10. The molecule has 1 atom stereocenters. The van der Waals surface area contributed by atoms with E-state index in [0.29, 0.717) is 15.8 Å². The lowest BCUT2D eigenvalue weighted by Crippen LogP contribution is -2.13. The molecular formula is C14H12BrCl2NO. The molecule has 2 rings (SSSR count). The number of halogens is 3. The van der Waals surface area contributed by atoms with E-state index in [1.54, 1.807) is 19.2 Å². The smallest absolute Gasteiger partial charge is 0.120 e. The van der Waals surface area contributed by atoms with Gasteiger partial charge in [0.25, 0.3) is 0 Å². The van der Waals surface area contributed by atoms with E-state index < -0.39 is 0 Å². The van der Waals surface area contributed by atoms with Gasteiger partial charge >= 0.3 is 0 Å². The molecule has 5 heteroatoms. The van der Waals surface area contributed by atoms with E-state index in [-0.39, 0.29) is 6.04 Å². The van der Waals surface area contributed by atoms with Crippen LogP contribution >= 0.6 is 39.1 Å². The maximum absolute atomic E-state index is 6.25. The number of ether oxygens (including phenoxy) is 1. The lowest BCUT2D eigenvalue weighted by atomic mass is 9.99. The molecule has 0 bridgehead atoms. The summed E-state index contributed by atoms with van der Waals surface area (Å²) in [4.78, 5) is 0. The van der Waals surface area contributed by atoms with Crippen LogP contribution in [0.15, 0.2) is 40.9 Å². The van der Waals surface area contributed by atoms with Crippen LogP contribution in [-0.2, 0) is 0 Å². The third kappa shape index (κ3) is 3.23. The second-order valence-corrected chi connectivity index (χ2v) is 5.76. The van der Waals surface area contributed by atoms with Crippen LogP contribution in [0.5, 0.6) is 5.75 Å². The number of rotatable bonds is 3. The first-order valence-electron chi connectivity index (χ1n) is 5.57. The second-order valence-electron chi connectivity index (χ2n) is 4.03. The lowest BCUT2D eigenvalue weighted by Gasteiger charge is -2.16. The summed E-state index contributed by atoms with van der Waals surface area (Å²) in [5, 5.41) is 1.17. The first kappa shape index (κ1) is 14.7. The van der Waals surface area contributed by atoms with Gasteiger partial charge in [-0.2, -0.15) is 0 Å². The summed E-state index contributed by atoms with van der Waals surface area (Å²) in [5.41, 5.74) is 7.88. The van der Waals surface area contributed by atoms with Crippen LogP contribution in [0.2, 0.25) is 10.0 Å². The second kappa shape index (κ2) is 6.14. The molecule has 0 aliphatic rings. The Hall–Kier alpha value is -0.740. The number of benzene rings is 2. The third-order valence-corrected chi connectivity index (χ3v) is 4.00. The zero-order valence-electron chi connectivity index (χ0n) is 10.2. The molecule has 0 aliphatic heterocycles. The van der Waals surface area contributed by atoms with E-state index >= 15 is 0 Å². The zero-order valence-corrected chi connectivity index (χ0v) is 13.3. The summed E-state index contributed by atoms with van der Waals surface area (Å²) < 4.78 is 6.04. The van der Waals surface area contributed by atoms with Crippen LogP contribution in [0, 0.1) is 0 Å². The van der Waals surface area contributed by atoms with Crippen molar-refractivity contribution in [3.05, 3.63) is 62.0 Å². The topological polar surface area (TPSA) is 35.2 Å². The van der Waals surface area contributed by atoms with Crippen molar-refractivity contribution in [1.29, 1.82) is 0 Å². The molecule has 2 N–H and O–H groups in total. The fourth-order valence-electron chi connectivity index (χ4n) is 1.81. The fourth-order valence-corrected chi connectivity index (χ4v) is 2.71. The molecule has 19 heavy (non-hydrogen) atoms. The number of nitrogens with two attached hydrogens (primary N) is 1. The Morgan fingerprint density at radius 3 is 2.42 bits per heavy atom. The average molecular weight is 361 g/mol. The first-order valence-corrected chi connectivity index (χ1v) is 7.11. The SMILES string of the molecule is COc1ccc(C(N)c2cc(Br)ccc2Cl)c(Cl)c1. The summed E-state index contributed by atoms with van der Waals surface area (Å²) in [6.07, 6.45) is 0. The van der Waals surface area contributed by atoms with Crippen molar-refractivity contribution in [3.8, 4) is 5.75 Å². The fraction of sp³-hybridized carbons (Fsp3) is 0.143. The van der Waals surface area contributed by atoms with Crippen LogP contribution in [0.25, 0.3) is 0 Å². The standard InChI is InChI=1S/C14H12BrCl2NO/c1-19-9-3-4-10(13(17)7-9)14(18)11-6-8(15)2-5-12(11)16/h2-7,14H,18H2,1H3. The predicted molar refractivity (Wildman–Crippen MR) is 83.2 cm³/mol. The minimum absolute atomic E-state index is 0.386. The molecule has 2 aromatic rings. The van der Waals surface area contributed by atoms with Crippen molar-refractivity contribution in [2.24, 2.45) is 5.73 Å². The average Bonchev–Trinajstić information content (AvgIpc) is 2.40. The van der Waals surface area contributed by atoms with Crippen LogP contribution < -0.4 is 10.5 Å². The van der Waals surface area contributed by atoms with E-state index in [0.717, 1.165) is 15.6 Å². The van der Waals surface area contributed by atoms with Crippen molar-refractivity contribution in [2.45, 2.75) is 6.04 Å². The van der Waals surface area contributed by atoms with Gasteiger partial charge in [-0.3, -0.25) is 0 Å². The largest absolute Gasteiger partial charge is 0.497 e. The number of methoxy groups -OCH3 is 1. The molecule has 100 valence electrons. The van der Waals surface area contributed by atoms with Gasteiger partial charge in [-0.15, -0.1) is 0 Å². The highest BCUT2D eigenvalue weighted by Gasteiger charge is 2.16. The van der Waals surface area contributed by atoms with Gasteiger partial charge in [0.05, 0.1) is 13.2 Å². The van der Waals surface area contributed by atoms with Gasteiger partial charge in [-0.1, -0.05) is 45.2 Å². The van der Waals surface area contributed by atoms with E-state index in [9.17, 15) is 0 Å². The maximum atomic E-state index is 6.25. The Kier molecular flexibility index (Phi) is 4.74. The summed E-state index contributed by atoms with van der Waals surface area (Å²) in [6.45, 7) is 0. The van der Waals surface area contributed by atoms with Crippen molar-refractivity contribution >= 4 is 39.1 Å². The van der Waals surface area contributed by atoms with Gasteiger partial charge in [0, 0.05) is 14.5 Å². The summed E-state index contributed by atoms with van der Waals surface area (Å²) >= 11 is 15.8. The van der Waals surface area contributed by atoms with E-state index in [1.807, 2.05) is 24.3 Å². The summed E-state index contributed by atoms with van der Waals surface area (Å²) in [6, 6.07) is 10.6. The highest BCUT2D eigenvalue weighted by Crippen LogP contribution is 2.33. The number of hydrogen-bond donors (Lipinski definition) is 1. The zero-order chi connectivity index (χ0) is 14.0. The Labute approximate surface area is 130 Å². The molecule has 1 unspecified atom stereocenters. The molecule has 0 aromatic heterocycles. The lowest BCUT2D eigenvalue weighted by molar-refractivity contribution is 0.414. The molecule has 0 heterocycles. The molecular weight excluding hydrogens is 349 g/mol. The predicted octanol–water partition coefficient (Wildman–Crippen LogP) is 4.81. The Morgan fingerprint density at radius 2 is 1.79 bits per heavy atom. The Balaban J connectivity index is 2.43. The molecule has 0 saturated carbocycles. The molecule has 2 nitrogen and oxygen atoms in total. The third-order valence-electron chi connectivity index (χ3n) is 2.84. The monoisotopic (exact) mass is 359 g/mol. The van der Waals surface area contributed by atoms with Gasteiger partial charge < -0.3 is 10.5 Å². The molecule has 0 saturated heterocycles. The van der Waals surface area contributed by atoms with E-state index in [2.05, 4.69) is 15.9 Å². The molecule has 0 amide bonds. The molecule has 0 fully saturated rings. The quantitative estimate of drug-likeness (QED) is 0.852. The molecule has 0 spiro atoms. The normalized spacial score (nSPS) is 12.3. The van der Waals surface area contributed by atoms with E-state index in [4.69, 9.17) is 33.7 Å². The molecule has 0 radical (unpaired) electrons. The Bertz CT molecular complexity index is 604. The van der Waals surface area contributed by atoms with Crippen molar-refractivity contribution < 1.29 is 4.74 Å². The van der Waals surface area contributed by atoms with Gasteiger partial charge in [0.15, 0.2) is 0 Å². The van der Waals surface area contributed by atoms with Gasteiger partial charge in [-0.05, 0) is 41.5 Å². The van der Waals surface area contributed by atoms with Crippen LogP contribution in [-0.4, -0.2) is 7.11 Å². The highest BCUT2D eigenvalue weighted by atomic mass is 79.9. The van der Waals surface area contributed by atoms with Gasteiger partial charge in [-0.25, -0.2) is 0 Å². The minimum Gasteiger partial charge on any atom is -0.497 e. The van der Waals surface area contributed by atoms with Crippen LogP contribution in [0.4, 0.5) is 0 Å². The number of hydrogen-bond acceptors (Lipinski definition) is 2. The van der Waals surface area contributed by atoms with Gasteiger partial charge in [0.2, 0.25) is 0 Å². The van der Waals surface area contributed by atoms with Crippen molar-refractivity contribution in [2.75, 3.05) is 7.11 Å².